The van der Waals surface area contributed by atoms with Gasteiger partial charge in [-0.05, 0) is 41.5 Å². The topological polar surface area (TPSA) is 55.8 Å². The van der Waals surface area contributed by atoms with Crippen LogP contribution >= 0.6 is 0 Å². The van der Waals surface area contributed by atoms with E-state index in [9.17, 15) is 9.59 Å². The number of hydrogen-bond donors (Lipinski definition) is 0. The van der Waals surface area contributed by atoms with Crippen LogP contribution < -0.4 is 0 Å². The average Bonchev–Trinajstić information content (AvgIpc) is 2.24. The smallest absolute Gasteiger partial charge is 0.410 e. The van der Waals surface area contributed by atoms with Crippen molar-refractivity contribution >= 4 is 12.4 Å². The van der Waals surface area contributed by atoms with Gasteiger partial charge in [0.2, 0.25) is 0 Å². The molecule has 0 heterocycles. The fourth-order valence-corrected chi connectivity index (χ4v) is 1.39. The van der Waals surface area contributed by atoms with Crippen molar-refractivity contribution in [3.05, 3.63) is 0 Å². The van der Waals surface area contributed by atoms with Gasteiger partial charge in [-0.25, -0.2) is 4.79 Å². The van der Waals surface area contributed by atoms with Gasteiger partial charge in [0.25, 0.3) is 0 Å². The van der Waals surface area contributed by atoms with Crippen LogP contribution in [0.15, 0.2) is 0 Å². The number of aldehydes is 1. The standard InChI is InChI=1S/C13H25NO4/c1-8-17-10(2)13(6,9-15)14(7)11(16)18-12(3,4)5/h9-10H,8H2,1-7H3. The third-order valence-corrected chi connectivity index (χ3v) is 2.87. The molecule has 0 rings (SSSR count). The van der Waals surface area contributed by atoms with Gasteiger partial charge in [0.1, 0.15) is 17.4 Å². The van der Waals surface area contributed by atoms with Crippen molar-refractivity contribution < 1.29 is 19.1 Å². The van der Waals surface area contributed by atoms with Gasteiger partial charge < -0.3 is 14.3 Å². The molecule has 0 saturated carbocycles. The first kappa shape index (κ1) is 16.9. The number of likely N-dealkylation sites (N-methyl/N-ethyl adjacent to an activating group) is 1. The summed E-state index contributed by atoms with van der Waals surface area (Å²) in [7, 11) is 1.54. The zero-order valence-corrected chi connectivity index (χ0v) is 12.4. The molecule has 0 N–H and O–H groups in total. The number of carbonyl (C=O) groups excluding carboxylic acids is 2. The van der Waals surface area contributed by atoms with E-state index in [1.54, 1.807) is 34.6 Å². The summed E-state index contributed by atoms with van der Waals surface area (Å²) in [5, 5.41) is 0. The summed E-state index contributed by atoms with van der Waals surface area (Å²) in [6.45, 7) is 11.1. The second-order valence-electron chi connectivity index (χ2n) is 5.48. The van der Waals surface area contributed by atoms with Gasteiger partial charge in [0.05, 0.1) is 6.10 Å². The molecule has 0 aromatic rings. The molecule has 2 atom stereocenters. The quantitative estimate of drug-likeness (QED) is 0.710. The number of rotatable bonds is 5. The summed E-state index contributed by atoms with van der Waals surface area (Å²) in [4.78, 5) is 24.6. The molecule has 0 radical (unpaired) electrons. The van der Waals surface area contributed by atoms with E-state index in [-0.39, 0.29) is 0 Å². The van der Waals surface area contributed by atoms with E-state index in [0.29, 0.717) is 6.61 Å². The van der Waals surface area contributed by atoms with Crippen LogP contribution in [0.25, 0.3) is 0 Å². The number of ether oxygens (including phenoxy) is 2. The Morgan fingerprint density at radius 3 is 2.17 bits per heavy atom. The van der Waals surface area contributed by atoms with Crippen molar-refractivity contribution in [1.82, 2.24) is 4.90 Å². The molecular formula is C13H25NO4. The van der Waals surface area contributed by atoms with Crippen LogP contribution in [0.5, 0.6) is 0 Å². The highest BCUT2D eigenvalue weighted by Gasteiger charge is 2.40. The highest BCUT2D eigenvalue weighted by atomic mass is 16.6. The molecule has 106 valence electrons. The van der Waals surface area contributed by atoms with E-state index >= 15 is 0 Å². The minimum atomic E-state index is -1.04. The Hall–Kier alpha value is -1.10. The van der Waals surface area contributed by atoms with Gasteiger partial charge >= 0.3 is 6.09 Å². The van der Waals surface area contributed by atoms with Gasteiger partial charge in [0.15, 0.2) is 0 Å². The van der Waals surface area contributed by atoms with Crippen molar-refractivity contribution in [3.63, 3.8) is 0 Å². The maximum Gasteiger partial charge on any atom is 0.410 e. The van der Waals surface area contributed by atoms with E-state index in [0.717, 1.165) is 6.29 Å². The summed E-state index contributed by atoms with van der Waals surface area (Å²) >= 11 is 0. The summed E-state index contributed by atoms with van der Waals surface area (Å²) in [6, 6.07) is 0. The van der Waals surface area contributed by atoms with Crippen LogP contribution in [0.1, 0.15) is 41.5 Å². The Bertz CT molecular complexity index is 298. The predicted molar refractivity (Wildman–Crippen MR) is 69.6 cm³/mol. The SMILES string of the molecule is CCOC(C)C(C)(C=O)N(C)C(=O)OC(C)(C)C. The number of nitrogens with zero attached hydrogens (tertiary/aromatic N) is 1. The second kappa shape index (κ2) is 6.18. The predicted octanol–water partition coefficient (Wildman–Crippen LogP) is 2.24. The van der Waals surface area contributed by atoms with Gasteiger partial charge in [-0.15, -0.1) is 0 Å². The van der Waals surface area contributed by atoms with E-state index in [1.807, 2.05) is 6.92 Å². The van der Waals surface area contributed by atoms with E-state index in [4.69, 9.17) is 9.47 Å². The molecular weight excluding hydrogens is 234 g/mol. The summed E-state index contributed by atoms with van der Waals surface area (Å²) < 4.78 is 10.7. The Labute approximate surface area is 109 Å². The Kier molecular flexibility index (Phi) is 5.80. The number of carbonyl (C=O) groups is 2. The van der Waals surface area contributed by atoms with Crippen molar-refractivity contribution in [2.75, 3.05) is 13.7 Å². The van der Waals surface area contributed by atoms with Crippen LogP contribution in [-0.4, -0.2) is 48.2 Å². The Morgan fingerprint density at radius 1 is 1.33 bits per heavy atom. The third kappa shape index (κ3) is 4.29. The molecule has 5 nitrogen and oxygen atoms in total. The molecule has 0 aromatic heterocycles. The van der Waals surface area contributed by atoms with Crippen LogP contribution in [0.2, 0.25) is 0 Å². The minimum Gasteiger partial charge on any atom is -0.444 e. The minimum absolute atomic E-state index is 0.405. The molecule has 0 bridgehead atoms. The molecule has 1 amide bonds. The van der Waals surface area contributed by atoms with Crippen LogP contribution in [0.3, 0.4) is 0 Å². The summed E-state index contributed by atoms with van der Waals surface area (Å²) in [5.41, 5.74) is -1.64. The lowest BCUT2D eigenvalue weighted by molar-refractivity contribution is -0.126. The molecule has 2 unspecified atom stereocenters. The normalized spacial score (nSPS) is 16.6. The van der Waals surface area contributed by atoms with E-state index in [1.165, 1.54) is 11.9 Å². The van der Waals surface area contributed by atoms with Gasteiger partial charge in [-0.3, -0.25) is 4.90 Å². The van der Waals surface area contributed by atoms with Crippen molar-refractivity contribution in [3.8, 4) is 0 Å². The highest BCUT2D eigenvalue weighted by Crippen LogP contribution is 2.21. The molecule has 0 saturated heterocycles. The van der Waals surface area contributed by atoms with Gasteiger partial charge in [0, 0.05) is 13.7 Å². The van der Waals surface area contributed by atoms with E-state index < -0.39 is 23.3 Å². The molecule has 0 aliphatic rings. The number of hydrogen-bond acceptors (Lipinski definition) is 4. The summed E-state index contributed by atoms with van der Waals surface area (Å²) in [6.07, 6.45) is -0.224. The molecule has 0 aromatic carbocycles. The zero-order chi connectivity index (χ0) is 14.6. The Morgan fingerprint density at radius 2 is 1.83 bits per heavy atom. The lowest BCUT2D eigenvalue weighted by Crippen LogP contribution is -2.57. The van der Waals surface area contributed by atoms with Gasteiger partial charge in [-0.1, -0.05) is 0 Å². The average molecular weight is 259 g/mol. The highest BCUT2D eigenvalue weighted by molar-refractivity contribution is 5.76. The molecule has 0 aliphatic carbocycles. The van der Waals surface area contributed by atoms with Crippen molar-refractivity contribution in [1.29, 1.82) is 0 Å². The maximum absolute atomic E-state index is 12.0. The van der Waals surface area contributed by atoms with Crippen molar-refractivity contribution in [2.45, 2.75) is 58.8 Å². The molecule has 18 heavy (non-hydrogen) atoms. The molecule has 0 aliphatic heterocycles. The first-order valence-corrected chi connectivity index (χ1v) is 6.13. The van der Waals surface area contributed by atoms with Gasteiger partial charge in [-0.2, -0.15) is 0 Å². The fourth-order valence-electron chi connectivity index (χ4n) is 1.39. The third-order valence-electron chi connectivity index (χ3n) is 2.87. The first-order chi connectivity index (χ1) is 8.08. The Balaban J connectivity index is 4.94. The molecule has 0 fully saturated rings. The van der Waals surface area contributed by atoms with Crippen molar-refractivity contribution in [2.24, 2.45) is 0 Å². The van der Waals surface area contributed by atoms with Crippen LogP contribution in [0.4, 0.5) is 4.79 Å². The molecule has 5 heteroatoms. The monoisotopic (exact) mass is 259 g/mol. The molecule has 0 spiro atoms. The maximum atomic E-state index is 12.0. The lowest BCUT2D eigenvalue weighted by Gasteiger charge is -2.39. The fraction of sp³-hybridized carbons (Fsp3) is 0.846. The summed E-state index contributed by atoms with van der Waals surface area (Å²) in [5.74, 6) is 0. The van der Waals surface area contributed by atoms with Crippen LogP contribution in [0, 0.1) is 0 Å². The first-order valence-electron chi connectivity index (χ1n) is 6.13. The largest absolute Gasteiger partial charge is 0.444 e. The lowest BCUT2D eigenvalue weighted by atomic mass is 9.96. The second-order valence-corrected chi connectivity index (χ2v) is 5.48. The van der Waals surface area contributed by atoms with E-state index in [2.05, 4.69) is 0 Å². The number of amides is 1. The van der Waals surface area contributed by atoms with Crippen LogP contribution in [-0.2, 0) is 14.3 Å². The zero-order valence-electron chi connectivity index (χ0n) is 12.4.